The molecule has 0 bridgehead atoms. The van der Waals surface area contributed by atoms with Crippen LogP contribution in [0.2, 0.25) is 0 Å². The van der Waals surface area contributed by atoms with Crippen molar-refractivity contribution < 1.29 is 18.4 Å². The lowest BCUT2D eigenvalue weighted by atomic mass is 10.1. The van der Waals surface area contributed by atoms with Gasteiger partial charge in [0.05, 0.1) is 6.54 Å². The number of hydrogen-bond acceptors (Lipinski definition) is 4. The van der Waals surface area contributed by atoms with Crippen molar-refractivity contribution in [2.45, 2.75) is 47.1 Å². The molecule has 1 N–H and O–H groups in total. The summed E-state index contributed by atoms with van der Waals surface area (Å²) in [7, 11) is 0. The highest BCUT2D eigenvalue weighted by atomic mass is 19.1. The van der Waals surface area contributed by atoms with Crippen LogP contribution in [-0.2, 0) is 6.54 Å². The summed E-state index contributed by atoms with van der Waals surface area (Å²) >= 11 is 0. The smallest absolute Gasteiger partial charge is 0.273 e. The summed E-state index contributed by atoms with van der Waals surface area (Å²) in [4.78, 5) is 30.9. The van der Waals surface area contributed by atoms with Crippen LogP contribution in [0.5, 0.6) is 0 Å². The van der Waals surface area contributed by atoms with Crippen LogP contribution in [0, 0.1) is 17.7 Å². The van der Waals surface area contributed by atoms with Crippen molar-refractivity contribution >= 4 is 11.8 Å². The Morgan fingerprint density at radius 2 is 1.76 bits per heavy atom. The van der Waals surface area contributed by atoms with Gasteiger partial charge in [-0.15, -0.1) is 0 Å². The largest absolute Gasteiger partial charge is 0.446 e. The molecule has 7 heteroatoms. The second-order valence-electron chi connectivity index (χ2n) is 7.98. The zero-order valence-electron chi connectivity index (χ0n) is 17.6. The molecule has 1 heterocycles. The fourth-order valence-electron chi connectivity index (χ4n) is 2.66. The molecule has 0 aliphatic heterocycles. The van der Waals surface area contributed by atoms with Crippen molar-refractivity contribution in [3.63, 3.8) is 0 Å². The topological polar surface area (TPSA) is 75.4 Å². The highest BCUT2D eigenvalue weighted by molar-refractivity contribution is 5.94. The lowest BCUT2D eigenvalue weighted by Crippen LogP contribution is -2.32. The second-order valence-corrected chi connectivity index (χ2v) is 7.98. The van der Waals surface area contributed by atoms with Gasteiger partial charge in [-0.25, -0.2) is 9.37 Å². The van der Waals surface area contributed by atoms with E-state index in [4.69, 9.17) is 4.42 Å². The number of benzene rings is 1. The minimum atomic E-state index is -0.392. The SMILES string of the molecule is CC(C)CCNC(=O)c1coc(CN(CCC(C)C)C(=O)c2ccc(F)cc2)n1. The zero-order chi connectivity index (χ0) is 21.4. The van der Waals surface area contributed by atoms with Crippen LogP contribution < -0.4 is 5.32 Å². The monoisotopic (exact) mass is 403 g/mol. The number of carbonyl (C=O) groups excluding carboxylic acids is 2. The van der Waals surface area contributed by atoms with Gasteiger partial charge in [0.1, 0.15) is 12.1 Å². The number of aromatic nitrogens is 1. The Morgan fingerprint density at radius 3 is 2.38 bits per heavy atom. The van der Waals surface area contributed by atoms with Crippen molar-refractivity contribution in [1.82, 2.24) is 15.2 Å². The standard InChI is InChI=1S/C22H30FN3O3/c1-15(2)9-11-24-21(27)19-14-29-20(25-19)13-26(12-10-16(3)4)22(28)17-5-7-18(23)8-6-17/h5-8,14-16H,9-13H2,1-4H3,(H,24,27). The van der Waals surface area contributed by atoms with E-state index in [1.165, 1.54) is 30.5 Å². The van der Waals surface area contributed by atoms with Crippen LogP contribution >= 0.6 is 0 Å². The second kappa shape index (κ2) is 10.7. The molecule has 0 spiro atoms. The van der Waals surface area contributed by atoms with E-state index in [0.29, 0.717) is 36.4 Å². The van der Waals surface area contributed by atoms with E-state index >= 15 is 0 Å². The fraction of sp³-hybridized carbons (Fsp3) is 0.500. The van der Waals surface area contributed by atoms with E-state index < -0.39 is 5.82 Å². The first kappa shape index (κ1) is 22.6. The van der Waals surface area contributed by atoms with Crippen LogP contribution in [0.4, 0.5) is 4.39 Å². The molecule has 158 valence electrons. The summed E-state index contributed by atoms with van der Waals surface area (Å²) in [5, 5.41) is 2.81. The Morgan fingerprint density at radius 1 is 1.10 bits per heavy atom. The molecule has 0 saturated heterocycles. The van der Waals surface area contributed by atoms with Crippen molar-refractivity contribution in [2.75, 3.05) is 13.1 Å². The van der Waals surface area contributed by atoms with Crippen LogP contribution in [0.3, 0.4) is 0 Å². The van der Waals surface area contributed by atoms with Crippen molar-refractivity contribution in [2.24, 2.45) is 11.8 Å². The van der Waals surface area contributed by atoms with E-state index in [2.05, 4.69) is 38.0 Å². The molecule has 0 radical (unpaired) electrons. The summed E-state index contributed by atoms with van der Waals surface area (Å²) in [6, 6.07) is 5.45. The van der Waals surface area contributed by atoms with Crippen molar-refractivity contribution in [3.05, 3.63) is 53.5 Å². The van der Waals surface area contributed by atoms with Crippen LogP contribution in [0.25, 0.3) is 0 Å². The van der Waals surface area contributed by atoms with Gasteiger partial charge in [-0.05, 0) is 48.9 Å². The first-order valence-electron chi connectivity index (χ1n) is 10.0. The maximum atomic E-state index is 13.2. The molecule has 0 aliphatic carbocycles. The Labute approximate surface area is 171 Å². The van der Waals surface area contributed by atoms with Gasteiger partial charge >= 0.3 is 0 Å². The Bertz CT molecular complexity index is 800. The molecule has 0 unspecified atom stereocenters. The molecule has 0 aliphatic rings. The van der Waals surface area contributed by atoms with Gasteiger partial charge in [-0.2, -0.15) is 0 Å². The molecule has 6 nitrogen and oxygen atoms in total. The summed E-state index contributed by atoms with van der Waals surface area (Å²) in [6.07, 6.45) is 2.99. The van der Waals surface area contributed by atoms with Crippen molar-refractivity contribution in [3.8, 4) is 0 Å². The number of hydrogen-bond donors (Lipinski definition) is 1. The number of carbonyl (C=O) groups is 2. The van der Waals surface area contributed by atoms with E-state index in [1.807, 2.05) is 0 Å². The van der Waals surface area contributed by atoms with Gasteiger partial charge < -0.3 is 14.6 Å². The molecule has 0 saturated carbocycles. The number of oxazole rings is 1. The fourth-order valence-corrected chi connectivity index (χ4v) is 2.66. The number of amides is 2. The van der Waals surface area contributed by atoms with Crippen LogP contribution in [-0.4, -0.2) is 34.8 Å². The Hall–Kier alpha value is -2.70. The predicted molar refractivity (Wildman–Crippen MR) is 109 cm³/mol. The van der Waals surface area contributed by atoms with Crippen LogP contribution in [0.15, 0.2) is 34.9 Å². The van der Waals surface area contributed by atoms with Gasteiger partial charge in [-0.1, -0.05) is 27.7 Å². The van der Waals surface area contributed by atoms with Gasteiger partial charge in [0.25, 0.3) is 11.8 Å². The van der Waals surface area contributed by atoms with E-state index in [-0.39, 0.29) is 24.1 Å². The van der Waals surface area contributed by atoms with Crippen LogP contribution in [0.1, 0.15) is 67.3 Å². The maximum Gasteiger partial charge on any atom is 0.273 e. The quantitative estimate of drug-likeness (QED) is 0.642. The number of nitrogens with zero attached hydrogens (tertiary/aromatic N) is 2. The minimum Gasteiger partial charge on any atom is -0.446 e. The summed E-state index contributed by atoms with van der Waals surface area (Å²) in [5.41, 5.74) is 0.593. The molecule has 0 fully saturated rings. The maximum absolute atomic E-state index is 13.2. The normalized spacial score (nSPS) is 11.1. The van der Waals surface area contributed by atoms with E-state index in [1.54, 1.807) is 4.90 Å². The molecule has 29 heavy (non-hydrogen) atoms. The predicted octanol–water partition coefficient (Wildman–Crippen LogP) is 4.28. The average molecular weight is 403 g/mol. The van der Waals surface area contributed by atoms with Gasteiger partial charge in [0.15, 0.2) is 5.69 Å². The molecule has 2 aromatic rings. The third-order valence-electron chi connectivity index (χ3n) is 4.47. The molecule has 2 rings (SSSR count). The summed E-state index contributed by atoms with van der Waals surface area (Å²) in [5.74, 6) is 0.279. The third kappa shape index (κ3) is 7.33. The first-order chi connectivity index (χ1) is 13.8. The highest BCUT2D eigenvalue weighted by Gasteiger charge is 2.20. The Balaban J connectivity index is 2.06. The van der Waals surface area contributed by atoms with E-state index in [9.17, 15) is 14.0 Å². The highest BCUT2D eigenvalue weighted by Crippen LogP contribution is 2.14. The number of halogens is 1. The van der Waals surface area contributed by atoms with Gasteiger partial charge in [0.2, 0.25) is 5.89 Å². The molecule has 1 aromatic carbocycles. The summed E-state index contributed by atoms with van der Waals surface area (Å²) < 4.78 is 18.6. The van der Waals surface area contributed by atoms with Gasteiger partial charge in [0, 0.05) is 18.7 Å². The first-order valence-corrected chi connectivity index (χ1v) is 10.0. The minimum absolute atomic E-state index is 0.141. The molecule has 1 aromatic heterocycles. The Kier molecular flexibility index (Phi) is 8.36. The third-order valence-corrected chi connectivity index (χ3v) is 4.47. The average Bonchev–Trinajstić information content (AvgIpc) is 3.13. The lowest BCUT2D eigenvalue weighted by molar-refractivity contribution is 0.0720. The molecule has 2 amide bonds. The lowest BCUT2D eigenvalue weighted by Gasteiger charge is -2.22. The molecular formula is C22H30FN3O3. The number of rotatable bonds is 10. The molecule has 0 atom stereocenters. The summed E-state index contributed by atoms with van der Waals surface area (Å²) in [6.45, 7) is 9.54. The van der Waals surface area contributed by atoms with Crippen molar-refractivity contribution in [1.29, 1.82) is 0 Å². The van der Waals surface area contributed by atoms with Gasteiger partial charge in [-0.3, -0.25) is 9.59 Å². The zero-order valence-corrected chi connectivity index (χ0v) is 17.6. The molecular weight excluding hydrogens is 373 g/mol. The van der Waals surface area contributed by atoms with E-state index in [0.717, 1.165) is 12.8 Å². The number of nitrogens with one attached hydrogen (secondary N) is 1.